The van der Waals surface area contributed by atoms with Crippen LogP contribution in [0.5, 0.6) is 0 Å². The lowest BCUT2D eigenvalue weighted by molar-refractivity contribution is 0.144. The first kappa shape index (κ1) is 20.0. The van der Waals surface area contributed by atoms with Crippen LogP contribution in [0.3, 0.4) is 0 Å². The molecular weight excluding hydrogens is 374 g/mol. The van der Waals surface area contributed by atoms with Crippen LogP contribution in [0.15, 0.2) is 54.7 Å². The van der Waals surface area contributed by atoms with Crippen molar-refractivity contribution in [3.8, 4) is 22.4 Å². The fraction of sp³-hybridized carbons (Fsp3) is 0.273. The van der Waals surface area contributed by atoms with E-state index in [9.17, 15) is 4.79 Å². The minimum atomic E-state index is -0.378. The first-order valence-corrected chi connectivity index (χ1v) is 9.84. The summed E-state index contributed by atoms with van der Waals surface area (Å²) in [5.41, 5.74) is 4.19. The lowest BCUT2D eigenvalue weighted by Gasteiger charge is -2.05. The quantitative estimate of drug-likeness (QED) is 0.495. The molecule has 0 aliphatic rings. The van der Waals surface area contributed by atoms with Gasteiger partial charge in [0, 0.05) is 18.0 Å². The molecule has 0 atom stereocenters. The summed E-state index contributed by atoms with van der Waals surface area (Å²) in [7, 11) is 0. The van der Waals surface area contributed by atoms with Crippen molar-refractivity contribution in [1.82, 2.24) is 15.3 Å². The van der Waals surface area contributed by atoms with Crippen molar-refractivity contribution in [2.24, 2.45) is 0 Å². The minimum absolute atomic E-state index is 0.378. The van der Waals surface area contributed by atoms with E-state index in [4.69, 9.17) is 16.3 Å². The smallest absolute Gasteiger partial charge is 0.407 e. The number of aromatic amines is 1. The standard InChI is InChI=1S/C22H24ClN3O2/c1-2-3-13-28-22(27)24-12-11-21-25-15-20(26-21)17-9-7-16(8-10-17)18-5-4-6-19(23)14-18/h4-10,14-15H,2-3,11-13H2,1H3,(H,24,27)(H,25,26). The second kappa shape index (κ2) is 9.95. The Morgan fingerprint density at radius 1 is 1.14 bits per heavy atom. The fourth-order valence-electron chi connectivity index (χ4n) is 2.79. The van der Waals surface area contributed by atoms with E-state index in [1.54, 1.807) is 0 Å². The van der Waals surface area contributed by atoms with Gasteiger partial charge in [0.05, 0.1) is 18.5 Å². The van der Waals surface area contributed by atoms with Gasteiger partial charge in [0.25, 0.3) is 0 Å². The molecule has 3 rings (SSSR count). The molecule has 2 aromatic carbocycles. The zero-order chi connectivity index (χ0) is 19.8. The Kier molecular flexibility index (Phi) is 7.09. The molecular formula is C22H24ClN3O2. The van der Waals surface area contributed by atoms with Gasteiger partial charge in [-0.25, -0.2) is 9.78 Å². The Hall–Kier alpha value is -2.79. The number of halogens is 1. The highest BCUT2D eigenvalue weighted by molar-refractivity contribution is 6.30. The maximum atomic E-state index is 11.5. The summed E-state index contributed by atoms with van der Waals surface area (Å²) in [4.78, 5) is 19.2. The Labute approximate surface area is 170 Å². The number of ether oxygens (including phenoxy) is 1. The normalized spacial score (nSPS) is 10.6. The van der Waals surface area contributed by atoms with Crippen LogP contribution in [0, 0.1) is 0 Å². The van der Waals surface area contributed by atoms with E-state index in [1.807, 2.05) is 30.5 Å². The number of hydrogen-bond acceptors (Lipinski definition) is 3. The third kappa shape index (κ3) is 5.60. The molecule has 2 N–H and O–H groups in total. The van der Waals surface area contributed by atoms with Gasteiger partial charge in [-0.1, -0.05) is 61.3 Å². The van der Waals surface area contributed by atoms with Gasteiger partial charge in [-0.2, -0.15) is 0 Å². The Morgan fingerprint density at radius 2 is 1.93 bits per heavy atom. The molecule has 3 aromatic rings. The average Bonchev–Trinajstić information content (AvgIpc) is 3.17. The average molecular weight is 398 g/mol. The molecule has 0 fully saturated rings. The SMILES string of the molecule is CCCCOC(=O)NCCc1ncc(-c2ccc(-c3cccc(Cl)c3)cc2)[nH]1. The summed E-state index contributed by atoms with van der Waals surface area (Å²) >= 11 is 6.07. The summed E-state index contributed by atoms with van der Waals surface area (Å²) in [6.45, 7) is 2.99. The number of H-pyrrole nitrogens is 1. The number of hydrogen-bond donors (Lipinski definition) is 2. The Morgan fingerprint density at radius 3 is 2.68 bits per heavy atom. The number of imidazole rings is 1. The van der Waals surface area contributed by atoms with Gasteiger partial charge < -0.3 is 15.0 Å². The van der Waals surface area contributed by atoms with Gasteiger partial charge in [-0.3, -0.25) is 0 Å². The lowest BCUT2D eigenvalue weighted by atomic mass is 10.0. The molecule has 146 valence electrons. The van der Waals surface area contributed by atoms with Crippen LogP contribution < -0.4 is 5.32 Å². The number of carbonyl (C=O) groups is 1. The van der Waals surface area contributed by atoms with Crippen molar-refractivity contribution in [2.75, 3.05) is 13.2 Å². The second-order valence-electron chi connectivity index (χ2n) is 6.50. The molecule has 28 heavy (non-hydrogen) atoms. The molecule has 0 saturated carbocycles. The second-order valence-corrected chi connectivity index (χ2v) is 6.93. The molecule has 0 aliphatic carbocycles. The molecule has 0 aliphatic heterocycles. The third-order valence-electron chi connectivity index (χ3n) is 4.34. The Bertz CT molecular complexity index is 906. The van der Waals surface area contributed by atoms with Crippen LogP contribution in [0.25, 0.3) is 22.4 Å². The summed E-state index contributed by atoms with van der Waals surface area (Å²) in [6.07, 6.45) is 3.93. The minimum Gasteiger partial charge on any atom is -0.450 e. The molecule has 0 spiro atoms. The van der Waals surface area contributed by atoms with Crippen molar-refractivity contribution in [1.29, 1.82) is 0 Å². The van der Waals surface area contributed by atoms with E-state index in [1.165, 1.54) is 0 Å². The van der Waals surface area contributed by atoms with Crippen molar-refractivity contribution in [3.63, 3.8) is 0 Å². The number of aromatic nitrogens is 2. The van der Waals surface area contributed by atoms with Gasteiger partial charge >= 0.3 is 6.09 Å². The number of rotatable bonds is 8. The molecule has 0 radical (unpaired) electrons. The zero-order valence-corrected chi connectivity index (χ0v) is 16.6. The summed E-state index contributed by atoms with van der Waals surface area (Å²) in [5.74, 6) is 0.822. The van der Waals surface area contributed by atoms with Gasteiger partial charge in [0.15, 0.2) is 0 Å². The molecule has 1 aromatic heterocycles. The van der Waals surface area contributed by atoms with E-state index in [-0.39, 0.29) is 6.09 Å². The maximum Gasteiger partial charge on any atom is 0.407 e. The highest BCUT2D eigenvalue weighted by Gasteiger charge is 2.06. The van der Waals surface area contributed by atoms with Crippen molar-refractivity contribution in [2.45, 2.75) is 26.2 Å². The molecule has 6 heteroatoms. The van der Waals surface area contributed by atoms with Crippen LogP contribution in [-0.4, -0.2) is 29.2 Å². The van der Waals surface area contributed by atoms with Crippen molar-refractivity contribution >= 4 is 17.7 Å². The van der Waals surface area contributed by atoms with Crippen LogP contribution in [0.1, 0.15) is 25.6 Å². The van der Waals surface area contributed by atoms with Crippen LogP contribution in [-0.2, 0) is 11.2 Å². The lowest BCUT2D eigenvalue weighted by Crippen LogP contribution is -2.27. The topological polar surface area (TPSA) is 67.0 Å². The monoisotopic (exact) mass is 397 g/mol. The zero-order valence-electron chi connectivity index (χ0n) is 15.9. The number of nitrogens with one attached hydrogen (secondary N) is 2. The predicted octanol–water partition coefficient (Wildman–Crippen LogP) is 5.47. The van der Waals surface area contributed by atoms with E-state index < -0.39 is 0 Å². The van der Waals surface area contributed by atoms with Gasteiger partial charge in [0.1, 0.15) is 5.82 Å². The van der Waals surface area contributed by atoms with Crippen LogP contribution in [0.4, 0.5) is 4.79 Å². The number of nitrogens with zero attached hydrogens (tertiary/aromatic N) is 1. The Balaban J connectivity index is 1.54. The van der Waals surface area contributed by atoms with Gasteiger partial charge in [0.2, 0.25) is 0 Å². The highest BCUT2D eigenvalue weighted by Crippen LogP contribution is 2.25. The predicted molar refractivity (Wildman–Crippen MR) is 112 cm³/mol. The van der Waals surface area contributed by atoms with Crippen LogP contribution >= 0.6 is 11.6 Å². The third-order valence-corrected chi connectivity index (χ3v) is 4.58. The molecule has 5 nitrogen and oxygen atoms in total. The summed E-state index contributed by atoms with van der Waals surface area (Å²) in [6, 6.07) is 16.0. The molecule has 0 saturated heterocycles. The number of amides is 1. The molecule has 1 heterocycles. The first-order chi connectivity index (χ1) is 13.7. The maximum absolute atomic E-state index is 11.5. The first-order valence-electron chi connectivity index (χ1n) is 9.46. The molecule has 1 amide bonds. The summed E-state index contributed by atoms with van der Waals surface area (Å²) in [5, 5.41) is 3.46. The number of unbranched alkanes of at least 4 members (excludes halogenated alkanes) is 1. The van der Waals surface area contributed by atoms with E-state index in [0.29, 0.717) is 19.6 Å². The summed E-state index contributed by atoms with van der Waals surface area (Å²) < 4.78 is 5.06. The fourth-order valence-corrected chi connectivity index (χ4v) is 2.98. The van der Waals surface area contributed by atoms with E-state index in [0.717, 1.165) is 46.1 Å². The van der Waals surface area contributed by atoms with Crippen LogP contribution in [0.2, 0.25) is 5.02 Å². The number of benzene rings is 2. The van der Waals surface area contributed by atoms with Gasteiger partial charge in [-0.15, -0.1) is 0 Å². The number of alkyl carbamates (subject to hydrolysis) is 1. The molecule has 0 bridgehead atoms. The number of carbonyl (C=O) groups excluding carboxylic acids is 1. The van der Waals surface area contributed by atoms with E-state index >= 15 is 0 Å². The van der Waals surface area contributed by atoms with Crippen molar-refractivity contribution < 1.29 is 9.53 Å². The highest BCUT2D eigenvalue weighted by atomic mass is 35.5. The largest absolute Gasteiger partial charge is 0.450 e. The van der Waals surface area contributed by atoms with E-state index in [2.05, 4.69) is 46.5 Å². The van der Waals surface area contributed by atoms with Gasteiger partial charge in [-0.05, 0) is 35.2 Å². The molecule has 0 unspecified atom stereocenters. The van der Waals surface area contributed by atoms with Crippen molar-refractivity contribution in [3.05, 3.63) is 65.6 Å².